The lowest BCUT2D eigenvalue weighted by Gasteiger charge is -2.20. The number of carbonyl (C=O) groups excluding carboxylic acids is 2. The van der Waals surface area contributed by atoms with Crippen LogP contribution >= 0.6 is 0 Å². The van der Waals surface area contributed by atoms with Gasteiger partial charge in [-0.1, -0.05) is 49.6 Å². The molecule has 1 fully saturated rings. The molecule has 1 saturated carbocycles. The lowest BCUT2D eigenvalue weighted by atomic mass is 9.84. The lowest BCUT2D eigenvalue weighted by Crippen LogP contribution is -2.22. The van der Waals surface area contributed by atoms with E-state index in [0.29, 0.717) is 23.3 Å². The Morgan fingerprint density at radius 2 is 1.76 bits per heavy atom. The summed E-state index contributed by atoms with van der Waals surface area (Å²) in [6, 6.07) is 15.1. The van der Waals surface area contributed by atoms with E-state index in [9.17, 15) is 14.0 Å². The van der Waals surface area contributed by atoms with Crippen LogP contribution in [0.1, 0.15) is 59.6 Å². The van der Waals surface area contributed by atoms with E-state index in [2.05, 4.69) is 0 Å². The highest BCUT2D eigenvalue weighted by Gasteiger charge is 2.26. The topological polar surface area (TPSA) is 57.5 Å². The van der Waals surface area contributed by atoms with E-state index >= 15 is 0 Å². The number of methoxy groups -OCH3 is 1. The van der Waals surface area contributed by atoms with E-state index in [1.54, 1.807) is 53.4 Å². The average Bonchev–Trinajstić information content (AvgIpc) is 3.37. The van der Waals surface area contributed by atoms with Gasteiger partial charge in [-0.05, 0) is 42.7 Å². The normalized spacial score (nSPS) is 15.0. The molecule has 1 heterocycles. The van der Waals surface area contributed by atoms with Crippen LogP contribution in [0.4, 0.5) is 4.39 Å². The third-order valence-electron chi connectivity index (χ3n) is 6.51. The summed E-state index contributed by atoms with van der Waals surface area (Å²) < 4.78 is 26.3. The van der Waals surface area contributed by atoms with Gasteiger partial charge < -0.3 is 14.0 Å². The first-order chi connectivity index (χ1) is 16.5. The van der Waals surface area contributed by atoms with Gasteiger partial charge in [0.1, 0.15) is 24.2 Å². The van der Waals surface area contributed by atoms with E-state index in [4.69, 9.17) is 9.47 Å². The van der Waals surface area contributed by atoms with Gasteiger partial charge in [-0.2, -0.15) is 0 Å². The molecule has 0 aliphatic heterocycles. The number of Topliss-reactive ketones (excluding diaryl/α,β-unsaturated/α-hetero) is 1. The fourth-order valence-electron chi connectivity index (χ4n) is 4.52. The summed E-state index contributed by atoms with van der Waals surface area (Å²) in [5.74, 6) is 0.194. The molecule has 1 aliphatic rings. The zero-order chi connectivity index (χ0) is 23.9. The smallest absolute Gasteiger partial charge is 0.329 e. The zero-order valence-electron chi connectivity index (χ0n) is 19.4. The van der Waals surface area contributed by atoms with Gasteiger partial charge in [-0.15, -0.1) is 0 Å². The Morgan fingerprint density at radius 1 is 1.03 bits per heavy atom. The predicted molar refractivity (Wildman–Crippen MR) is 127 cm³/mol. The number of halogens is 1. The standard InChI is InChI=1S/C28H30FNO4/c1-33-28(32)26(30-16-15-22(18-30)27(31)21-7-3-2-4-8-21)17-20-11-13-24(14-12-20)34-19-23-9-5-6-10-25(23)29/h5-6,9-16,18,21,26H,2-4,7-8,17,19H2,1H3/t26-/m0/s1. The number of esters is 1. The van der Waals surface area contributed by atoms with Gasteiger partial charge in [0.2, 0.25) is 0 Å². The van der Waals surface area contributed by atoms with Crippen molar-refractivity contribution in [1.82, 2.24) is 4.57 Å². The maximum Gasteiger partial charge on any atom is 0.329 e. The van der Waals surface area contributed by atoms with Crippen LogP contribution in [0.3, 0.4) is 0 Å². The first-order valence-electron chi connectivity index (χ1n) is 11.8. The molecular weight excluding hydrogens is 433 g/mol. The zero-order valence-corrected chi connectivity index (χ0v) is 19.4. The highest BCUT2D eigenvalue weighted by Crippen LogP contribution is 2.28. The van der Waals surface area contributed by atoms with E-state index in [1.165, 1.54) is 19.6 Å². The molecule has 4 rings (SSSR count). The third kappa shape index (κ3) is 5.74. The third-order valence-corrected chi connectivity index (χ3v) is 6.51. The van der Waals surface area contributed by atoms with Crippen molar-refractivity contribution >= 4 is 11.8 Å². The van der Waals surface area contributed by atoms with Crippen molar-refractivity contribution in [3.63, 3.8) is 0 Å². The number of ether oxygens (including phenoxy) is 2. The number of benzene rings is 2. The van der Waals surface area contributed by atoms with Gasteiger partial charge in [-0.25, -0.2) is 9.18 Å². The van der Waals surface area contributed by atoms with Gasteiger partial charge in [0.15, 0.2) is 5.78 Å². The molecule has 0 amide bonds. The number of aromatic nitrogens is 1. The number of rotatable bonds is 9. The first kappa shape index (κ1) is 23.7. The van der Waals surface area contributed by atoms with Gasteiger partial charge >= 0.3 is 5.97 Å². The molecule has 2 aromatic carbocycles. The Morgan fingerprint density at radius 3 is 2.47 bits per heavy atom. The molecule has 0 radical (unpaired) electrons. The van der Waals surface area contributed by atoms with Crippen LogP contribution in [0.25, 0.3) is 0 Å². The second-order valence-electron chi connectivity index (χ2n) is 8.81. The number of hydrogen-bond donors (Lipinski definition) is 0. The van der Waals surface area contributed by atoms with Gasteiger partial charge in [0, 0.05) is 35.9 Å². The van der Waals surface area contributed by atoms with Crippen LogP contribution in [-0.2, 0) is 22.6 Å². The Labute approximate surface area is 199 Å². The van der Waals surface area contributed by atoms with E-state index in [1.807, 2.05) is 12.1 Å². The molecule has 1 aromatic heterocycles. The van der Waals surface area contributed by atoms with Crippen LogP contribution in [0.15, 0.2) is 67.0 Å². The molecular formula is C28H30FNO4. The van der Waals surface area contributed by atoms with Gasteiger partial charge in [-0.3, -0.25) is 4.79 Å². The van der Waals surface area contributed by atoms with Crippen molar-refractivity contribution < 1.29 is 23.5 Å². The monoisotopic (exact) mass is 463 g/mol. The van der Waals surface area contributed by atoms with E-state index in [-0.39, 0.29) is 30.1 Å². The van der Waals surface area contributed by atoms with Crippen molar-refractivity contribution in [1.29, 1.82) is 0 Å². The summed E-state index contributed by atoms with van der Waals surface area (Å²) in [6.07, 6.45) is 9.23. The maximum absolute atomic E-state index is 13.8. The number of ketones is 1. The Kier molecular flexibility index (Phi) is 7.78. The molecule has 1 atom stereocenters. The average molecular weight is 464 g/mol. The molecule has 0 spiro atoms. The van der Waals surface area contributed by atoms with Crippen molar-refractivity contribution in [2.45, 2.75) is 51.2 Å². The summed E-state index contributed by atoms with van der Waals surface area (Å²) in [4.78, 5) is 25.5. The summed E-state index contributed by atoms with van der Waals surface area (Å²) in [5, 5.41) is 0. The Balaban J connectivity index is 1.42. The SMILES string of the molecule is COC(=O)[C@H](Cc1ccc(OCc2ccccc2F)cc1)n1ccc(C(=O)C2CCCCC2)c1. The molecule has 178 valence electrons. The van der Waals surface area contributed by atoms with E-state index < -0.39 is 6.04 Å². The molecule has 0 unspecified atom stereocenters. The minimum absolute atomic E-state index is 0.0816. The number of carbonyl (C=O) groups is 2. The summed E-state index contributed by atoms with van der Waals surface area (Å²) >= 11 is 0. The van der Waals surface area contributed by atoms with Crippen LogP contribution in [0.2, 0.25) is 0 Å². The van der Waals surface area contributed by atoms with Crippen molar-refractivity contribution in [2.75, 3.05) is 7.11 Å². The second-order valence-corrected chi connectivity index (χ2v) is 8.81. The quantitative estimate of drug-likeness (QED) is 0.292. The number of hydrogen-bond acceptors (Lipinski definition) is 4. The predicted octanol–water partition coefficient (Wildman–Crippen LogP) is 5.93. The number of nitrogens with zero attached hydrogens (tertiary/aromatic N) is 1. The lowest BCUT2D eigenvalue weighted by molar-refractivity contribution is -0.144. The molecule has 0 N–H and O–H groups in total. The molecule has 6 heteroatoms. The van der Waals surface area contributed by atoms with Crippen molar-refractivity contribution in [3.8, 4) is 5.75 Å². The highest BCUT2D eigenvalue weighted by atomic mass is 19.1. The summed E-state index contributed by atoms with van der Waals surface area (Å²) in [6.45, 7) is 0.137. The molecule has 1 aliphatic carbocycles. The van der Waals surface area contributed by atoms with Gasteiger partial charge in [0.25, 0.3) is 0 Å². The van der Waals surface area contributed by atoms with Crippen LogP contribution in [0.5, 0.6) is 5.75 Å². The molecule has 0 bridgehead atoms. The van der Waals surface area contributed by atoms with Crippen molar-refractivity contribution in [3.05, 3.63) is 89.5 Å². The highest BCUT2D eigenvalue weighted by molar-refractivity contribution is 5.97. The van der Waals surface area contributed by atoms with Crippen LogP contribution < -0.4 is 4.74 Å². The molecule has 3 aromatic rings. The molecule has 5 nitrogen and oxygen atoms in total. The summed E-state index contributed by atoms with van der Waals surface area (Å²) in [7, 11) is 1.37. The van der Waals surface area contributed by atoms with Crippen molar-refractivity contribution in [2.24, 2.45) is 5.92 Å². The molecule has 0 saturated heterocycles. The Bertz CT molecular complexity index is 1120. The largest absolute Gasteiger partial charge is 0.489 e. The van der Waals surface area contributed by atoms with E-state index in [0.717, 1.165) is 31.2 Å². The van der Waals surface area contributed by atoms with Crippen LogP contribution in [0, 0.1) is 11.7 Å². The second kappa shape index (κ2) is 11.1. The minimum atomic E-state index is -0.580. The first-order valence-corrected chi connectivity index (χ1v) is 11.8. The van der Waals surface area contributed by atoms with Gasteiger partial charge in [0.05, 0.1) is 7.11 Å². The Hall–Kier alpha value is -3.41. The molecule has 34 heavy (non-hydrogen) atoms. The minimum Gasteiger partial charge on any atom is -0.489 e. The summed E-state index contributed by atoms with van der Waals surface area (Å²) in [5.41, 5.74) is 2.06. The fraction of sp³-hybridized carbons (Fsp3) is 0.357. The fourth-order valence-corrected chi connectivity index (χ4v) is 4.52. The van der Waals surface area contributed by atoms with Crippen LogP contribution in [-0.4, -0.2) is 23.4 Å². The maximum atomic E-state index is 13.8.